The summed E-state index contributed by atoms with van der Waals surface area (Å²) in [6.45, 7) is -1.08. The highest BCUT2D eigenvalue weighted by Gasteiger charge is 2.36. The standard InChI is InChI=1S/C21H12F6N2O2S/c22-15-6-13(10-29(20(15)31)11-18(23)24)7-16(30)17-8-14(19(32-17)21(25,26)27)4-3-12-2-1-5-28-9-12/h1-2,5-6,8-10,18H,7,11H2. The van der Waals surface area contributed by atoms with Crippen LogP contribution in [0.25, 0.3) is 0 Å². The van der Waals surface area contributed by atoms with E-state index >= 15 is 0 Å². The molecule has 0 amide bonds. The minimum Gasteiger partial charge on any atom is -0.307 e. The van der Waals surface area contributed by atoms with Crippen LogP contribution in [-0.4, -0.2) is 21.8 Å². The third kappa shape index (κ3) is 5.64. The van der Waals surface area contributed by atoms with Crippen LogP contribution in [0.2, 0.25) is 0 Å². The molecule has 0 saturated carbocycles. The van der Waals surface area contributed by atoms with Gasteiger partial charge in [0.15, 0.2) is 11.6 Å². The van der Waals surface area contributed by atoms with Crippen molar-refractivity contribution in [3.63, 3.8) is 0 Å². The van der Waals surface area contributed by atoms with E-state index in [0.717, 1.165) is 12.3 Å². The van der Waals surface area contributed by atoms with Crippen molar-refractivity contribution in [3.8, 4) is 11.8 Å². The van der Waals surface area contributed by atoms with E-state index in [1.807, 2.05) is 0 Å². The molecule has 3 heterocycles. The lowest BCUT2D eigenvalue weighted by Crippen LogP contribution is -2.26. The fourth-order valence-corrected chi connectivity index (χ4v) is 3.64. The summed E-state index contributed by atoms with van der Waals surface area (Å²) in [5.41, 5.74) is -1.46. The molecule has 0 fully saturated rings. The second-order valence-electron chi connectivity index (χ2n) is 6.49. The molecule has 0 radical (unpaired) electrons. The number of thiophene rings is 1. The predicted octanol–water partition coefficient (Wildman–Crippen LogP) is 4.55. The molecule has 11 heteroatoms. The van der Waals surface area contributed by atoms with Crippen molar-refractivity contribution in [3.05, 3.63) is 85.5 Å². The number of Topliss-reactive ketones (excluding diaryl/α,β-unsaturated/α-hetero) is 1. The van der Waals surface area contributed by atoms with E-state index in [9.17, 15) is 35.9 Å². The number of hydrogen-bond donors (Lipinski definition) is 0. The molecule has 0 aromatic carbocycles. The summed E-state index contributed by atoms with van der Waals surface area (Å²) < 4.78 is 79.6. The van der Waals surface area contributed by atoms with Crippen LogP contribution in [0, 0.1) is 17.7 Å². The van der Waals surface area contributed by atoms with Gasteiger partial charge in [0, 0.05) is 36.1 Å². The second kappa shape index (κ2) is 9.40. The first-order valence-electron chi connectivity index (χ1n) is 8.88. The van der Waals surface area contributed by atoms with Gasteiger partial charge in [0.05, 0.1) is 11.4 Å². The lowest BCUT2D eigenvalue weighted by molar-refractivity contribution is -0.134. The normalized spacial score (nSPS) is 11.3. The van der Waals surface area contributed by atoms with Crippen molar-refractivity contribution in [1.82, 2.24) is 9.55 Å². The number of ketones is 1. The Morgan fingerprint density at radius 3 is 2.59 bits per heavy atom. The number of aromatic nitrogens is 2. The van der Waals surface area contributed by atoms with Crippen molar-refractivity contribution in [2.75, 3.05) is 0 Å². The number of carbonyl (C=O) groups excluding carboxylic acids is 1. The van der Waals surface area contributed by atoms with Crippen LogP contribution in [0.1, 0.15) is 31.2 Å². The number of nitrogens with zero attached hydrogens (tertiary/aromatic N) is 2. The van der Waals surface area contributed by atoms with Crippen molar-refractivity contribution < 1.29 is 31.1 Å². The van der Waals surface area contributed by atoms with Crippen LogP contribution in [0.15, 0.2) is 47.7 Å². The summed E-state index contributed by atoms with van der Waals surface area (Å²) in [4.78, 5) is 26.6. The van der Waals surface area contributed by atoms with Crippen LogP contribution >= 0.6 is 11.3 Å². The van der Waals surface area contributed by atoms with Gasteiger partial charge < -0.3 is 4.57 Å². The molecule has 3 aromatic heterocycles. The minimum absolute atomic E-state index is 0.127. The van der Waals surface area contributed by atoms with Crippen LogP contribution in [-0.2, 0) is 19.1 Å². The monoisotopic (exact) mass is 470 g/mol. The first kappa shape index (κ1) is 23.3. The number of carbonyl (C=O) groups is 1. The molecular weight excluding hydrogens is 458 g/mol. The predicted molar refractivity (Wildman–Crippen MR) is 104 cm³/mol. The molecule has 4 nitrogen and oxygen atoms in total. The molecule has 0 spiro atoms. The Bertz CT molecular complexity index is 1250. The molecule has 0 N–H and O–H groups in total. The summed E-state index contributed by atoms with van der Waals surface area (Å²) in [5, 5.41) is 0. The summed E-state index contributed by atoms with van der Waals surface area (Å²) in [7, 11) is 0. The number of rotatable bonds is 5. The quantitative estimate of drug-likeness (QED) is 0.312. The Morgan fingerprint density at radius 1 is 1.22 bits per heavy atom. The summed E-state index contributed by atoms with van der Waals surface area (Å²) in [6.07, 6.45) is -4.57. The van der Waals surface area contributed by atoms with Gasteiger partial charge in [-0.15, -0.1) is 11.3 Å². The third-order valence-corrected chi connectivity index (χ3v) is 5.29. The molecule has 3 aromatic rings. The van der Waals surface area contributed by atoms with Gasteiger partial charge in [-0.2, -0.15) is 13.2 Å². The lowest BCUT2D eigenvalue weighted by Gasteiger charge is -2.08. The minimum atomic E-state index is -4.77. The highest BCUT2D eigenvalue weighted by atomic mass is 32.1. The van der Waals surface area contributed by atoms with Crippen LogP contribution in [0.3, 0.4) is 0 Å². The van der Waals surface area contributed by atoms with Crippen LogP contribution in [0.5, 0.6) is 0 Å². The van der Waals surface area contributed by atoms with Gasteiger partial charge in [-0.25, -0.2) is 13.2 Å². The molecule has 0 aliphatic carbocycles. The fourth-order valence-electron chi connectivity index (χ4n) is 2.72. The third-order valence-electron chi connectivity index (χ3n) is 4.07. The maximum absolute atomic E-state index is 13.8. The van der Waals surface area contributed by atoms with Crippen molar-refractivity contribution in [2.24, 2.45) is 0 Å². The number of alkyl halides is 5. The van der Waals surface area contributed by atoms with E-state index in [2.05, 4.69) is 16.8 Å². The number of halogens is 6. The van der Waals surface area contributed by atoms with E-state index < -0.39 is 53.2 Å². The SMILES string of the molecule is O=C(Cc1cc(F)c(=O)n(CC(F)F)c1)c1cc(C#Cc2cccnc2)c(C(F)(F)F)s1. The van der Waals surface area contributed by atoms with E-state index in [4.69, 9.17) is 0 Å². The average molecular weight is 470 g/mol. The largest absolute Gasteiger partial charge is 0.426 e. The highest BCUT2D eigenvalue weighted by Crippen LogP contribution is 2.38. The fraction of sp³-hybridized carbons (Fsp3) is 0.190. The maximum Gasteiger partial charge on any atom is 0.426 e. The van der Waals surface area contributed by atoms with Crippen LogP contribution < -0.4 is 5.56 Å². The van der Waals surface area contributed by atoms with Gasteiger partial charge >= 0.3 is 6.18 Å². The molecule has 166 valence electrons. The summed E-state index contributed by atoms with van der Waals surface area (Å²) in [5.74, 6) is 2.77. The molecule has 0 atom stereocenters. The van der Waals surface area contributed by atoms with Gasteiger partial charge in [0.1, 0.15) is 4.88 Å². The van der Waals surface area contributed by atoms with E-state index in [-0.39, 0.29) is 21.8 Å². The number of hydrogen-bond acceptors (Lipinski definition) is 4. The Labute approximate surface area is 181 Å². The molecule has 0 saturated heterocycles. The molecule has 0 aliphatic heterocycles. The van der Waals surface area contributed by atoms with Crippen molar-refractivity contribution in [1.29, 1.82) is 0 Å². The summed E-state index contributed by atoms with van der Waals surface area (Å²) >= 11 is 0.176. The zero-order valence-corrected chi connectivity index (χ0v) is 16.7. The van der Waals surface area contributed by atoms with Gasteiger partial charge in [-0.3, -0.25) is 14.6 Å². The van der Waals surface area contributed by atoms with Crippen LogP contribution in [0.4, 0.5) is 26.3 Å². The van der Waals surface area contributed by atoms with E-state index in [1.54, 1.807) is 12.1 Å². The Balaban J connectivity index is 1.92. The zero-order chi connectivity index (χ0) is 23.5. The zero-order valence-electron chi connectivity index (χ0n) is 15.9. The first-order chi connectivity index (χ1) is 15.0. The van der Waals surface area contributed by atoms with Crippen molar-refractivity contribution in [2.45, 2.75) is 25.6 Å². The molecule has 3 rings (SSSR count). The van der Waals surface area contributed by atoms with Gasteiger partial charge in [0.2, 0.25) is 0 Å². The smallest absolute Gasteiger partial charge is 0.307 e. The summed E-state index contributed by atoms with van der Waals surface area (Å²) in [6, 6.07) is 4.78. The van der Waals surface area contributed by atoms with E-state index in [1.165, 1.54) is 12.4 Å². The highest BCUT2D eigenvalue weighted by molar-refractivity contribution is 7.14. The van der Waals surface area contributed by atoms with Gasteiger partial charge in [-0.05, 0) is 29.8 Å². The Morgan fingerprint density at radius 2 is 1.97 bits per heavy atom. The number of pyridine rings is 2. The Kier molecular flexibility index (Phi) is 6.84. The topological polar surface area (TPSA) is 52.0 Å². The van der Waals surface area contributed by atoms with Gasteiger partial charge in [0.25, 0.3) is 12.0 Å². The lowest BCUT2D eigenvalue weighted by atomic mass is 10.1. The second-order valence-corrected chi connectivity index (χ2v) is 7.54. The average Bonchev–Trinajstić information content (AvgIpc) is 3.15. The Hall–Kier alpha value is -3.39. The molecule has 32 heavy (non-hydrogen) atoms. The molecule has 0 unspecified atom stereocenters. The molecular formula is C21H12F6N2O2S. The maximum atomic E-state index is 13.8. The van der Waals surface area contributed by atoms with Gasteiger partial charge in [-0.1, -0.05) is 11.8 Å². The molecule has 0 aliphatic rings. The molecule has 0 bridgehead atoms. The van der Waals surface area contributed by atoms with Crippen molar-refractivity contribution >= 4 is 17.1 Å². The first-order valence-corrected chi connectivity index (χ1v) is 9.69. The van der Waals surface area contributed by atoms with E-state index in [0.29, 0.717) is 16.2 Å².